The molecule has 0 atom stereocenters. The second kappa shape index (κ2) is 6.39. The fourth-order valence-electron chi connectivity index (χ4n) is 1.38. The Labute approximate surface area is 124 Å². The van der Waals surface area contributed by atoms with E-state index in [2.05, 4.69) is 22.1 Å². The van der Waals surface area contributed by atoms with E-state index in [4.69, 9.17) is 17.3 Å². The number of benzene rings is 1. The van der Waals surface area contributed by atoms with Gasteiger partial charge in [-0.1, -0.05) is 34.8 Å². The Hall–Kier alpha value is -2.07. The molecule has 1 heterocycles. The summed E-state index contributed by atoms with van der Waals surface area (Å²) >= 11 is 7.01. The van der Waals surface area contributed by atoms with Crippen molar-refractivity contribution in [2.24, 2.45) is 5.73 Å². The number of thiazole rings is 1. The van der Waals surface area contributed by atoms with Crippen molar-refractivity contribution >= 4 is 34.0 Å². The minimum absolute atomic E-state index is 0.0855. The van der Waals surface area contributed by atoms with E-state index < -0.39 is 5.91 Å². The minimum atomic E-state index is -0.488. The Morgan fingerprint density at radius 3 is 3.10 bits per heavy atom. The summed E-state index contributed by atoms with van der Waals surface area (Å²) in [4.78, 5) is 16.7. The summed E-state index contributed by atoms with van der Waals surface area (Å²) in [7, 11) is 0. The van der Waals surface area contributed by atoms with Crippen LogP contribution in [0.4, 0.5) is 5.13 Å². The maximum absolute atomic E-state index is 12.0. The van der Waals surface area contributed by atoms with Gasteiger partial charge in [0.25, 0.3) is 5.91 Å². The summed E-state index contributed by atoms with van der Waals surface area (Å²) in [5.74, 6) is 4.88. The molecule has 0 spiro atoms. The monoisotopic (exact) mass is 307 g/mol. The first kappa shape index (κ1) is 14.3. The Morgan fingerprint density at radius 1 is 1.55 bits per heavy atom. The average Bonchev–Trinajstić information content (AvgIpc) is 2.86. The zero-order valence-electron chi connectivity index (χ0n) is 10.2. The van der Waals surface area contributed by atoms with Crippen molar-refractivity contribution in [3.05, 3.63) is 39.9 Å². The predicted octanol–water partition coefficient (Wildman–Crippen LogP) is 2.06. The SMILES string of the molecule is NCC#Cc1cnc(NC(=O)c2cc(Cl)ccc2O)s1. The van der Waals surface area contributed by atoms with Crippen molar-refractivity contribution in [2.75, 3.05) is 11.9 Å². The van der Waals surface area contributed by atoms with Crippen LogP contribution < -0.4 is 11.1 Å². The average molecular weight is 308 g/mol. The fraction of sp³-hybridized carbons (Fsp3) is 0.0769. The first-order valence-electron chi connectivity index (χ1n) is 5.55. The molecule has 2 rings (SSSR count). The highest BCUT2D eigenvalue weighted by atomic mass is 35.5. The molecule has 1 aromatic carbocycles. The number of halogens is 1. The maximum atomic E-state index is 12.0. The molecule has 1 aromatic heterocycles. The number of nitrogens with zero attached hydrogens (tertiary/aromatic N) is 1. The van der Waals surface area contributed by atoms with E-state index in [1.807, 2.05) is 0 Å². The lowest BCUT2D eigenvalue weighted by molar-refractivity contribution is 0.102. The van der Waals surface area contributed by atoms with Crippen LogP contribution in [0.1, 0.15) is 15.2 Å². The number of nitrogens with two attached hydrogens (primary N) is 1. The van der Waals surface area contributed by atoms with Crippen molar-refractivity contribution in [3.63, 3.8) is 0 Å². The van der Waals surface area contributed by atoms with Gasteiger partial charge in [-0.25, -0.2) is 4.98 Å². The van der Waals surface area contributed by atoms with Crippen LogP contribution in [0.5, 0.6) is 5.75 Å². The lowest BCUT2D eigenvalue weighted by atomic mass is 10.2. The van der Waals surface area contributed by atoms with Gasteiger partial charge in [-0.3, -0.25) is 10.1 Å². The third-order valence-electron chi connectivity index (χ3n) is 2.24. The molecule has 0 bridgehead atoms. The third-order valence-corrected chi connectivity index (χ3v) is 3.31. The molecule has 4 N–H and O–H groups in total. The lowest BCUT2D eigenvalue weighted by Crippen LogP contribution is -2.11. The molecule has 0 saturated heterocycles. The van der Waals surface area contributed by atoms with Crippen LogP contribution in [-0.2, 0) is 0 Å². The molecule has 20 heavy (non-hydrogen) atoms. The van der Waals surface area contributed by atoms with E-state index >= 15 is 0 Å². The molecule has 0 aliphatic carbocycles. The van der Waals surface area contributed by atoms with Gasteiger partial charge in [0.1, 0.15) is 5.75 Å². The third kappa shape index (κ3) is 3.48. The van der Waals surface area contributed by atoms with E-state index in [1.165, 1.54) is 29.5 Å². The summed E-state index contributed by atoms with van der Waals surface area (Å²) in [5.41, 5.74) is 5.36. The highest BCUT2D eigenvalue weighted by Gasteiger charge is 2.13. The zero-order chi connectivity index (χ0) is 14.5. The van der Waals surface area contributed by atoms with E-state index in [0.29, 0.717) is 15.0 Å². The second-order valence-electron chi connectivity index (χ2n) is 3.65. The van der Waals surface area contributed by atoms with E-state index in [-0.39, 0.29) is 17.9 Å². The van der Waals surface area contributed by atoms with Crippen molar-refractivity contribution in [3.8, 4) is 17.6 Å². The van der Waals surface area contributed by atoms with Crippen molar-refractivity contribution in [2.45, 2.75) is 0 Å². The number of anilines is 1. The fourth-order valence-corrected chi connectivity index (χ4v) is 2.24. The van der Waals surface area contributed by atoms with Crippen LogP contribution in [0.15, 0.2) is 24.4 Å². The molecule has 7 heteroatoms. The van der Waals surface area contributed by atoms with Gasteiger partial charge in [0.2, 0.25) is 0 Å². The number of hydrogen-bond acceptors (Lipinski definition) is 5. The number of nitrogens with one attached hydrogen (secondary N) is 1. The number of carbonyl (C=O) groups excluding carboxylic acids is 1. The molecular formula is C13H10ClN3O2S. The van der Waals surface area contributed by atoms with Crippen LogP contribution in [0, 0.1) is 11.8 Å². The molecule has 0 saturated carbocycles. The topological polar surface area (TPSA) is 88.2 Å². The number of amides is 1. The molecule has 2 aromatic rings. The van der Waals surface area contributed by atoms with Crippen LogP contribution in [-0.4, -0.2) is 22.5 Å². The number of aromatic hydroxyl groups is 1. The van der Waals surface area contributed by atoms with Gasteiger partial charge in [0, 0.05) is 5.02 Å². The quantitative estimate of drug-likeness (QED) is 0.741. The number of phenols is 1. The first-order chi connectivity index (χ1) is 9.60. The van der Waals surface area contributed by atoms with Crippen molar-refractivity contribution in [1.29, 1.82) is 0 Å². The van der Waals surface area contributed by atoms with Crippen molar-refractivity contribution < 1.29 is 9.90 Å². The maximum Gasteiger partial charge on any atom is 0.261 e. The number of aromatic nitrogens is 1. The Bertz CT molecular complexity index is 703. The standard InChI is InChI=1S/C13H10ClN3O2S/c14-8-3-4-11(18)10(6-8)12(19)17-13-16-7-9(20-13)2-1-5-15/h3-4,6-7,18H,5,15H2,(H,16,17,19). The van der Waals surface area contributed by atoms with Gasteiger partial charge >= 0.3 is 0 Å². The zero-order valence-corrected chi connectivity index (χ0v) is 11.8. The van der Waals surface area contributed by atoms with Gasteiger partial charge < -0.3 is 10.8 Å². The summed E-state index contributed by atoms with van der Waals surface area (Å²) in [6.45, 7) is 0.260. The molecule has 0 radical (unpaired) electrons. The van der Waals surface area contributed by atoms with E-state index in [0.717, 1.165) is 0 Å². The largest absolute Gasteiger partial charge is 0.507 e. The van der Waals surface area contributed by atoms with Gasteiger partial charge in [-0.15, -0.1) is 0 Å². The minimum Gasteiger partial charge on any atom is -0.507 e. The number of carbonyl (C=O) groups is 1. The van der Waals surface area contributed by atoms with Gasteiger partial charge in [0.05, 0.1) is 23.2 Å². The summed E-state index contributed by atoms with van der Waals surface area (Å²) < 4.78 is 0. The lowest BCUT2D eigenvalue weighted by Gasteiger charge is -2.04. The summed E-state index contributed by atoms with van der Waals surface area (Å²) in [6.07, 6.45) is 1.54. The summed E-state index contributed by atoms with van der Waals surface area (Å²) in [6, 6.07) is 4.24. The molecule has 5 nitrogen and oxygen atoms in total. The normalized spacial score (nSPS) is 9.70. The molecule has 0 fully saturated rings. The highest BCUT2D eigenvalue weighted by molar-refractivity contribution is 7.16. The number of phenolic OH excluding ortho intramolecular Hbond substituents is 1. The van der Waals surface area contributed by atoms with Crippen LogP contribution in [0.2, 0.25) is 5.02 Å². The molecule has 0 aliphatic rings. The van der Waals surface area contributed by atoms with Crippen LogP contribution in [0.25, 0.3) is 0 Å². The Balaban J connectivity index is 2.15. The van der Waals surface area contributed by atoms with Crippen LogP contribution >= 0.6 is 22.9 Å². The van der Waals surface area contributed by atoms with E-state index in [9.17, 15) is 9.90 Å². The Morgan fingerprint density at radius 2 is 2.35 bits per heavy atom. The second-order valence-corrected chi connectivity index (χ2v) is 5.12. The molecule has 102 valence electrons. The summed E-state index contributed by atoms with van der Waals surface area (Å²) in [5, 5.41) is 13.0. The number of hydrogen-bond donors (Lipinski definition) is 3. The smallest absolute Gasteiger partial charge is 0.261 e. The van der Waals surface area contributed by atoms with Crippen LogP contribution in [0.3, 0.4) is 0 Å². The molecular weight excluding hydrogens is 298 g/mol. The van der Waals surface area contributed by atoms with Gasteiger partial charge in [-0.2, -0.15) is 0 Å². The predicted molar refractivity (Wildman–Crippen MR) is 79.1 cm³/mol. The number of rotatable bonds is 2. The van der Waals surface area contributed by atoms with Crippen molar-refractivity contribution in [1.82, 2.24) is 4.98 Å². The van der Waals surface area contributed by atoms with Gasteiger partial charge in [-0.05, 0) is 18.2 Å². The van der Waals surface area contributed by atoms with E-state index in [1.54, 1.807) is 6.20 Å². The molecule has 0 aliphatic heterocycles. The Kier molecular flexibility index (Phi) is 4.58. The first-order valence-corrected chi connectivity index (χ1v) is 6.74. The highest BCUT2D eigenvalue weighted by Crippen LogP contribution is 2.24. The molecule has 1 amide bonds. The van der Waals surface area contributed by atoms with Gasteiger partial charge in [0.15, 0.2) is 5.13 Å². The molecule has 0 unspecified atom stereocenters.